The number of ether oxygens (including phenoxy) is 2. The van der Waals surface area contributed by atoms with E-state index in [1.165, 1.54) is 0 Å². The number of carbonyl (C=O) groups excluding carboxylic acids is 1. The summed E-state index contributed by atoms with van der Waals surface area (Å²) < 4.78 is 37.3. The van der Waals surface area contributed by atoms with Gasteiger partial charge in [-0.3, -0.25) is 0 Å². The Morgan fingerprint density at radius 1 is 0.757 bits per heavy atom. The van der Waals surface area contributed by atoms with Crippen LogP contribution in [0.1, 0.15) is 46.0 Å². The third-order valence-electron chi connectivity index (χ3n) is 4.86. The number of unbranched alkanes of at least 4 members (excludes halogenated alkanes) is 4. The second-order valence-electron chi connectivity index (χ2n) is 11.5. The first-order chi connectivity index (χ1) is 17.0. The second kappa shape index (κ2) is 19.2. The van der Waals surface area contributed by atoms with Crippen LogP contribution in [-0.4, -0.2) is 80.0 Å². The molecule has 37 heavy (non-hydrogen) atoms. The molecule has 3 unspecified atom stereocenters. The fourth-order valence-electron chi connectivity index (χ4n) is 3.96. The Kier molecular flexibility index (Phi) is 19.8. The Morgan fingerprint density at radius 2 is 1.38 bits per heavy atom. The number of carbonyl (C=O) groups is 1. The van der Waals surface area contributed by atoms with Crippen LogP contribution in [-0.2, 0) is 30.7 Å². The number of hydrogen-bond donors (Lipinski definition) is 0. The van der Waals surface area contributed by atoms with Crippen LogP contribution in [0.25, 0.3) is 0 Å². The molecule has 0 radical (unpaired) electrons. The minimum Gasteiger partial charge on any atom is -0.464 e. The second-order valence-corrected chi connectivity index (χ2v) is 33.3. The smallest absolute Gasteiger partial charge is 0.332 e. The van der Waals surface area contributed by atoms with Gasteiger partial charge in [-0.05, 0) is 78.3 Å². The fourth-order valence-corrected chi connectivity index (χ4v) is 29.2. The predicted octanol–water partition coefficient (Wildman–Crippen LogP) is 7.19. The van der Waals surface area contributed by atoms with Gasteiger partial charge < -0.3 is 25.9 Å². The monoisotopic (exact) mass is 648 g/mol. The van der Waals surface area contributed by atoms with E-state index in [0.29, 0.717) is 13.2 Å². The molecule has 0 bridgehead atoms. The SMILES string of the molecule is CCOC(=O)COCCCCCCC[Si](C)(O[SiH](C)O[Si](C)(C)C)O[Si](C)(CSSCC)O[Si](C)(C)C. The van der Waals surface area contributed by atoms with E-state index in [1.807, 2.05) is 21.6 Å². The van der Waals surface area contributed by atoms with Gasteiger partial charge >= 0.3 is 23.1 Å². The van der Waals surface area contributed by atoms with E-state index in [1.54, 1.807) is 6.92 Å². The van der Waals surface area contributed by atoms with Crippen molar-refractivity contribution in [3.8, 4) is 0 Å². The molecule has 0 fully saturated rings. The molecule has 14 heteroatoms. The fraction of sp³-hybridized carbons (Fsp3) is 0.957. The van der Waals surface area contributed by atoms with Crippen LogP contribution in [0.2, 0.25) is 65.0 Å². The first kappa shape index (κ1) is 38.1. The van der Waals surface area contributed by atoms with E-state index in [4.69, 9.17) is 25.9 Å². The highest BCUT2D eigenvalue weighted by Gasteiger charge is 2.46. The van der Waals surface area contributed by atoms with E-state index >= 15 is 0 Å². The van der Waals surface area contributed by atoms with E-state index in [-0.39, 0.29) is 12.6 Å². The standard InChI is InChI=1S/C23H56O7S2Si5/c1-12-26-23(24)21-25-19-17-15-14-16-18-20-36(10,28-33(3)27-34(4,5)6)30-37(11,22-32-31-13-2)29-35(7,8)9/h33H,12-22H2,1-11H3. The zero-order chi connectivity index (χ0) is 28.6. The Hall–Kier alpha value is 1.05. The van der Waals surface area contributed by atoms with Gasteiger partial charge in [-0.2, -0.15) is 0 Å². The van der Waals surface area contributed by atoms with Crippen molar-refractivity contribution in [2.24, 2.45) is 0 Å². The number of rotatable bonds is 23. The lowest BCUT2D eigenvalue weighted by atomic mass is 10.2. The van der Waals surface area contributed by atoms with Crippen molar-refractivity contribution in [1.82, 2.24) is 0 Å². The highest BCUT2D eigenvalue weighted by Crippen LogP contribution is 2.32. The third-order valence-corrected chi connectivity index (χ3v) is 26.5. The summed E-state index contributed by atoms with van der Waals surface area (Å²) in [5.41, 5.74) is 0. The van der Waals surface area contributed by atoms with Gasteiger partial charge in [0.05, 0.1) is 6.61 Å². The Morgan fingerprint density at radius 3 is 1.95 bits per heavy atom. The first-order valence-electron chi connectivity index (χ1n) is 13.8. The quantitative estimate of drug-likeness (QED) is 0.0495. The van der Waals surface area contributed by atoms with Gasteiger partial charge in [0.25, 0.3) is 9.28 Å². The van der Waals surface area contributed by atoms with Crippen molar-refractivity contribution in [3.63, 3.8) is 0 Å². The van der Waals surface area contributed by atoms with Crippen molar-refractivity contribution in [1.29, 1.82) is 0 Å². The van der Waals surface area contributed by atoms with E-state index < -0.39 is 43.0 Å². The molecule has 0 saturated carbocycles. The summed E-state index contributed by atoms with van der Waals surface area (Å²) in [4.78, 5) is 11.3. The topological polar surface area (TPSA) is 72.5 Å². The molecule has 0 aromatic heterocycles. The van der Waals surface area contributed by atoms with Crippen LogP contribution in [0.4, 0.5) is 0 Å². The van der Waals surface area contributed by atoms with Crippen LogP contribution in [0.3, 0.4) is 0 Å². The highest BCUT2D eigenvalue weighted by atomic mass is 33.1. The minimum atomic E-state index is -2.49. The molecule has 3 atom stereocenters. The molecule has 0 aromatic rings. The molecule has 0 aromatic carbocycles. The van der Waals surface area contributed by atoms with E-state index in [2.05, 4.69) is 65.8 Å². The van der Waals surface area contributed by atoms with Gasteiger partial charge in [0, 0.05) is 17.7 Å². The Bertz CT molecular complexity index is 625. The Labute approximate surface area is 242 Å². The van der Waals surface area contributed by atoms with Crippen molar-refractivity contribution in [2.75, 3.05) is 30.9 Å². The molecule has 0 aliphatic carbocycles. The van der Waals surface area contributed by atoms with E-state index in [0.717, 1.165) is 49.3 Å². The molecule has 0 N–H and O–H groups in total. The molecular weight excluding hydrogens is 593 g/mol. The maximum Gasteiger partial charge on any atom is 0.332 e. The van der Waals surface area contributed by atoms with Crippen molar-refractivity contribution in [3.05, 3.63) is 0 Å². The van der Waals surface area contributed by atoms with Crippen molar-refractivity contribution in [2.45, 2.75) is 111 Å². The summed E-state index contributed by atoms with van der Waals surface area (Å²) in [6.07, 6.45) is 5.38. The number of hydrogen-bond acceptors (Lipinski definition) is 9. The largest absolute Gasteiger partial charge is 0.464 e. The van der Waals surface area contributed by atoms with Gasteiger partial charge in [-0.15, -0.1) is 0 Å². The van der Waals surface area contributed by atoms with Crippen LogP contribution in [0.5, 0.6) is 0 Å². The lowest BCUT2D eigenvalue weighted by Gasteiger charge is -2.41. The van der Waals surface area contributed by atoms with Crippen molar-refractivity contribution >= 4 is 70.6 Å². The first-order valence-corrected chi connectivity index (χ1v) is 30.2. The summed E-state index contributed by atoms with van der Waals surface area (Å²) in [6, 6.07) is 0.960. The lowest BCUT2D eigenvalue weighted by molar-refractivity contribution is -0.148. The summed E-state index contributed by atoms with van der Waals surface area (Å²) >= 11 is 0. The molecule has 0 amide bonds. The number of esters is 1. The van der Waals surface area contributed by atoms with Gasteiger partial charge in [-0.25, -0.2) is 4.79 Å². The maximum atomic E-state index is 11.3. The molecule has 0 heterocycles. The van der Waals surface area contributed by atoms with Crippen LogP contribution < -0.4 is 0 Å². The summed E-state index contributed by atoms with van der Waals surface area (Å²) in [5, 5.41) is 0.915. The van der Waals surface area contributed by atoms with Gasteiger partial charge in [-0.1, -0.05) is 54.2 Å². The molecular formula is C23H56O7S2Si5. The van der Waals surface area contributed by atoms with Crippen LogP contribution >= 0.6 is 21.6 Å². The summed E-state index contributed by atoms with van der Waals surface area (Å²) in [6.45, 7) is 25.1. The third kappa shape index (κ3) is 22.4. The molecule has 0 aliphatic rings. The molecule has 7 nitrogen and oxygen atoms in total. The highest BCUT2D eigenvalue weighted by molar-refractivity contribution is 8.77. The van der Waals surface area contributed by atoms with E-state index in [9.17, 15) is 4.79 Å². The van der Waals surface area contributed by atoms with Crippen LogP contribution in [0.15, 0.2) is 0 Å². The predicted molar refractivity (Wildman–Crippen MR) is 173 cm³/mol. The maximum absolute atomic E-state index is 11.3. The average molecular weight is 649 g/mol. The summed E-state index contributed by atoms with van der Waals surface area (Å²) in [7, 11) is -6.41. The zero-order valence-corrected chi connectivity index (χ0v) is 32.3. The molecule has 0 spiro atoms. The zero-order valence-electron chi connectivity index (χ0n) is 25.5. The molecule has 0 saturated heterocycles. The molecule has 222 valence electrons. The molecule has 0 aliphatic heterocycles. The minimum absolute atomic E-state index is 0.0469. The van der Waals surface area contributed by atoms with Gasteiger partial charge in [0.2, 0.25) is 0 Å². The summed E-state index contributed by atoms with van der Waals surface area (Å²) in [5.74, 6) is 0.790. The van der Waals surface area contributed by atoms with Gasteiger partial charge in [0.1, 0.15) is 6.61 Å². The van der Waals surface area contributed by atoms with Crippen LogP contribution in [0, 0.1) is 0 Å². The molecule has 0 rings (SSSR count). The Balaban J connectivity index is 5.02. The lowest BCUT2D eigenvalue weighted by Crippen LogP contribution is -2.59. The van der Waals surface area contributed by atoms with Gasteiger partial charge in [0.15, 0.2) is 16.6 Å². The normalized spacial score (nSPS) is 16.7. The van der Waals surface area contributed by atoms with Crippen molar-refractivity contribution < 1.29 is 30.7 Å². The average Bonchev–Trinajstić information content (AvgIpc) is 2.69.